The smallest absolute Gasteiger partial charge is 0.0708 e. The van der Waals surface area contributed by atoms with E-state index in [0.717, 1.165) is 18.0 Å². The first-order valence-corrected chi connectivity index (χ1v) is 9.82. The molecular formula is C24H24N2. The van der Waals surface area contributed by atoms with Gasteiger partial charge in [-0.15, -0.1) is 0 Å². The van der Waals surface area contributed by atoms with Gasteiger partial charge >= 0.3 is 0 Å². The second kappa shape index (κ2) is 6.60. The minimum absolute atomic E-state index is 0.798. The van der Waals surface area contributed by atoms with E-state index in [-0.39, 0.29) is 0 Å². The molecule has 2 aromatic carbocycles. The molecule has 0 aliphatic heterocycles. The SMILES string of the molecule is c1ccc2c(c1)cc(-c1cccc3ncccc13)n2CC1CCCCC1. The lowest BCUT2D eigenvalue weighted by Crippen LogP contribution is -2.14. The predicted molar refractivity (Wildman–Crippen MR) is 109 cm³/mol. The van der Waals surface area contributed by atoms with Crippen molar-refractivity contribution in [1.82, 2.24) is 9.55 Å². The van der Waals surface area contributed by atoms with E-state index in [9.17, 15) is 0 Å². The zero-order valence-corrected chi connectivity index (χ0v) is 15.1. The number of pyridine rings is 1. The average molecular weight is 340 g/mol. The summed E-state index contributed by atoms with van der Waals surface area (Å²) in [6.07, 6.45) is 8.79. The molecule has 1 aliphatic rings. The van der Waals surface area contributed by atoms with Crippen LogP contribution in [0, 0.1) is 5.92 Å². The summed E-state index contributed by atoms with van der Waals surface area (Å²) in [6, 6.07) is 21.9. The van der Waals surface area contributed by atoms with E-state index < -0.39 is 0 Å². The van der Waals surface area contributed by atoms with Crippen LogP contribution in [0.5, 0.6) is 0 Å². The zero-order valence-electron chi connectivity index (χ0n) is 15.1. The van der Waals surface area contributed by atoms with Gasteiger partial charge in [0.15, 0.2) is 0 Å². The Morgan fingerprint density at radius 2 is 1.77 bits per heavy atom. The summed E-state index contributed by atoms with van der Waals surface area (Å²) in [5.74, 6) is 0.798. The van der Waals surface area contributed by atoms with Gasteiger partial charge in [0.2, 0.25) is 0 Å². The normalized spacial score (nSPS) is 15.7. The van der Waals surface area contributed by atoms with E-state index in [1.54, 1.807) is 0 Å². The van der Waals surface area contributed by atoms with Gasteiger partial charge in [-0.2, -0.15) is 0 Å². The van der Waals surface area contributed by atoms with E-state index >= 15 is 0 Å². The van der Waals surface area contributed by atoms with Crippen LogP contribution in [0.3, 0.4) is 0 Å². The molecule has 4 aromatic rings. The lowest BCUT2D eigenvalue weighted by molar-refractivity contribution is 0.323. The van der Waals surface area contributed by atoms with Gasteiger partial charge in [-0.1, -0.05) is 55.7 Å². The Morgan fingerprint density at radius 3 is 2.69 bits per heavy atom. The molecule has 0 unspecified atom stereocenters. The van der Waals surface area contributed by atoms with Crippen molar-refractivity contribution in [2.24, 2.45) is 5.92 Å². The van der Waals surface area contributed by atoms with Crippen LogP contribution < -0.4 is 0 Å². The summed E-state index contributed by atoms with van der Waals surface area (Å²) in [7, 11) is 0. The molecule has 1 saturated carbocycles. The van der Waals surface area contributed by atoms with Crippen molar-refractivity contribution < 1.29 is 0 Å². The Labute approximate surface area is 154 Å². The first-order chi connectivity index (χ1) is 12.9. The largest absolute Gasteiger partial charge is 0.340 e. The van der Waals surface area contributed by atoms with Crippen molar-refractivity contribution in [1.29, 1.82) is 0 Å². The fourth-order valence-corrected chi connectivity index (χ4v) is 4.58. The highest BCUT2D eigenvalue weighted by molar-refractivity contribution is 5.97. The fraction of sp³-hybridized carbons (Fsp3) is 0.292. The van der Waals surface area contributed by atoms with Gasteiger partial charge in [0.1, 0.15) is 0 Å². The molecular weight excluding hydrogens is 316 g/mol. The lowest BCUT2D eigenvalue weighted by Gasteiger charge is -2.24. The molecule has 0 atom stereocenters. The summed E-state index contributed by atoms with van der Waals surface area (Å²) >= 11 is 0. The first kappa shape index (κ1) is 15.6. The molecule has 5 rings (SSSR count). The number of hydrogen-bond acceptors (Lipinski definition) is 1. The Morgan fingerprint density at radius 1 is 0.885 bits per heavy atom. The highest BCUT2D eigenvalue weighted by Crippen LogP contribution is 2.35. The zero-order chi connectivity index (χ0) is 17.3. The van der Waals surface area contributed by atoms with Gasteiger partial charge in [-0.25, -0.2) is 0 Å². The average Bonchev–Trinajstić information content (AvgIpc) is 3.07. The van der Waals surface area contributed by atoms with Gasteiger partial charge in [0.25, 0.3) is 0 Å². The van der Waals surface area contributed by atoms with Crippen LogP contribution in [0.25, 0.3) is 33.1 Å². The topological polar surface area (TPSA) is 17.8 Å². The maximum absolute atomic E-state index is 4.56. The minimum atomic E-state index is 0.798. The summed E-state index contributed by atoms with van der Waals surface area (Å²) < 4.78 is 2.56. The minimum Gasteiger partial charge on any atom is -0.340 e. The van der Waals surface area contributed by atoms with Crippen LogP contribution >= 0.6 is 0 Å². The van der Waals surface area contributed by atoms with Crippen LogP contribution in [-0.4, -0.2) is 9.55 Å². The van der Waals surface area contributed by atoms with Crippen molar-refractivity contribution in [2.75, 3.05) is 0 Å². The molecule has 130 valence electrons. The highest BCUT2D eigenvalue weighted by Gasteiger charge is 2.18. The van der Waals surface area contributed by atoms with Gasteiger partial charge in [0.05, 0.1) is 5.52 Å². The van der Waals surface area contributed by atoms with Crippen LogP contribution in [-0.2, 0) is 6.54 Å². The Hall–Kier alpha value is -2.61. The third-order valence-electron chi connectivity index (χ3n) is 5.90. The maximum atomic E-state index is 4.56. The van der Waals surface area contributed by atoms with Crippen LogP contribution in [0.4, 0.5) is 0 Å². The third-order valence-corrected chi connectivity index (χ3v) is 5.90. The van der Waals surface area contributed by atoms with E-state index in [2.05, 4.69) is 64.1 Å². The second-order valence-corrected chi connectivity index (χ2v) is 7.58. The fourth-order valence-electron chi connectivity index (χ4n) is 4.58. The van der Waals surface area contributed by atoms with Crippen molar-refractivity contribution >= 4 is 21.8 Å². The Bertz CT molecular complexity index is 1050. The summed E-state index contributed by atoms with van der Waals surface area (Å²) in [6.45, 7) is 1.12. The number of aromatic nitrogens is 2. The van der Waals surface area contributed by atoms with Crippen LogP contribution in [0.1, 0.15) is 32.1 Å². The molecule has 2 aromatic heterocycles. The third kappa shape index (κ3) is 2.70. The summed E-state index contributed by atoms with van der Waals surface area (Å²) in [5.41, 5.74) is 5.05. The number of rotatable bonds is 3. The molecule has 2 heterocycles. The number of hydrogen-bond donors (Lipinski definition) is 0. The van der Waals surface area contributed by atoms with Gasteiger partial charge in [0, 0.05) is 40.3 Å². The van der Waals surface area contributed by atoms with Crippen molar-refractivity contribution in [3.8, 4) is 11.3 Å². The Balaban J connectivity index is 1.70. The van der Waals surface area contributed by atoms with Crippen LogP contribution in [0.2, 0.25) is 0 Å². The molecule has 0 radical (unpaired) electrons. The first-order valence-electron chi connectivity index (χ1n) is 9.82. The molecule has 2 heteroatoms. The molecule has 0 N–H and O–H groups in total. The van der Waals surface area contributed by atoms with Crippen LogP contribution in [0.15, 0.2) is 66.9 Å². The van der Waals surface area contributed by atoms with Crippen molar-refractivity contribution in [3.05, 3.63) is 66.9 Å². The van der Waals surface area contributed by atoms with E-state index in [4.69, 9.17) is 0 Å². The molecule has 0 bridgehead atoms. The van der Waals surface area contributed by atoms with Gasteiger partial charge in [-0.05, 0) is 43.0 Å². The summed E-state index contributed by atoms with van der Waals surface area (Å²) in [4.78, 5) is 4.56. The van der Waals surface area contributed by atoms with Gasteiger partial charge < -0.3 is 4.57 Å². The molecule has 0 saturated heterocycles. The standard InChI is InChI=1S/C24H24N2/c1-2-8-18(9-3-1)17-26-23-14-5-4-10-19(23)16-24(26)21-11-6-13-22-20(21)12-7-15-25-22/h4-7,10-16,18H,1-3,8-9,17H2. The van der Waals surface area contributed by atoms with E-state index in [1.807, 2.05) is 12.3 Å². The molecule has 0 spiro atoms. The molecule has 2 nitrogen and oxygen atoms in total. The molecule has 26 heavy (non-hydrogen) atoms. The van der Waals surface area contributed by atoms with Crippen molar-refractivity contribution in [2.45, 2.75) is 38.6 Å². The number of benzene rings is 2. The van der Waals surface area contributed by atoms with E-state index in [1.165, 1.54) is 59.7 Å². The monoisotopic (exact) mass is 340 g/mol. The molecule has 1 aliphatic carbocycles. The Kier molecular flexibility index (Phi) is 3.97. The number of nitrogens with zero attached hydrogens (tertiary/aromatic N) is 2. The lowest BCUT2D eigenvalue weighted by atomic mass is 9.89. The molecule has 1 fully saturated rings. The molecule has 0 amide bonds. The summed E-state index contributed by atoms with van der Waals surface area (Å²) in [5, 5.41) is 2.57. The number of fused-ring (bicyclic) bond motifs is 2. The predicted octanol–water partition coefficient (Wildman–Crippen LogP) is 6.44. The second-order valence-electron chi connectivity index (χ2n) is 7.58. The van der Waals surface area contributed by atoms with E-state index in [0.29, 0.717) is 0 Å². The van der Waals surface area contributed by atoms with Crippen molar-refractivity contribution in [3.63, 3.8) is 0 Å². The quantitative estimate of drug-likeness (QED) is 0.420. The highest BCUT2D eigenvalue weighted by atomic mass is 15.0. The maximum Gasteiger partial charge on any atom is 0.0708 e. The van der Waals surface area contributed by atoms with Gasteiger partial charge in [-0.3, -0.25) is 4.98 Å². The number of para-hydroxylation sites is 1.